The second-order valence-corrected chi connectivity index (χ2v) is 6.56. The fraction of sp³-hybridized carbons (Fsp3) is 0.538. The lowest BCUT2D eigenvalue weighted by Crippen LogP contribution is -2.17. The standard InChI is InChI=1S/C13H20N2O3S/c14-13-11(7-4-8-12(13)19(15,16)17)18-9-10-5-2-1-3-6-10/h4,7-8,10H,1-3,5-6,9,14H2,(H2,15,16,17). The second-order valence-electron chi connectivity index (χ2n) is 5.03. The van der Waals surface area contributed by atoms with E-state index < -0.39 is 10.0 Å². The van der Waals surface area contributed by atoms with E-state index in [2.05, 4.69) is 0 Å². The van der Waals surface area contributed by atoms with Crippen molar-refractivity contribution in [3.05, 3.63) is 18.2 Å². The highest BCUT2D eigenvalue weighted by Crippen LogP contribution is 2.30. The topological polar surface area (TPSA) is 95.4 Å². The number of nitrogen functional groups attached to an aromatic ring is 1. The van der Waals surface area contributed by atoms with E-state index in [-0.39, 0.29) is 10.6 Å². The van der Waals surface area contributed by atoms with Gasteiger partial charge in [0.25, 0.3) is 0 Å². The van der Waals surface area contributed by atoms with Crippen molar-refractivity contribution in [1.82, 2.24) is 0 Å². The Hall–Kier alpha value is -1.27. The predicted molar refractivity (Wildman–Crippen MR) is 74.3 cm³/mol. The van der Waals surface area contributed by atoms with Crippen LogP contribution in [0.25, 0.3) is 0 Å². The molecule has 0 bridgehead atoms. The maximum absolute atomic E-state index is 11.4. The van der Waals surface area contributed by atoms with Gasteiger partial charge < -0.3 is 10.5 Å². The fourth-order valence-electron chi connectivity index (χ4n) is 2.46. The Morgan fingerprint density at radius 2 is 1.89 bits per heavy atom. The summed E-state index contributed by atoms with van der Waals surface area (Å²) in [5, 5.41) is 5.10. The molecule has 1 aromatic rings. The van der Waals surface area contributed by atoms with Gasteiger partial charge in [-0.05, 0) is 30.9 Å². The van der Waals surface area contributed by atoms with Crippen LogP contribution in [0.15, 0.2) is 23.1 Å². The molecule has 0 unspecified atom stereocenters. The summed E-state index contributed by atoms with van der Waals surface area (Å²) < 4.78 is 28.4. The lowest BCUT2D eigenvalue weighted by Gasteiger charge is -2.22. The Morgan fingerprint density at radius 3 is 2.53 bits per heavy atom. The first-order valence-electron chi connectivity index (χ1n) is 6.52. The summed E-state index contributed by atoms with van der Waals surface area (Å²) in [6, 6.07) is 4.65. The minimum Gasteiger partial charge on any atom is -0.491 e. The molecule has 0 aliphatic heterocycles. The zero-order chi connectivity index (χ0) is 13.9. The van der Waals surface area contributed by atoms with E-state index in [0.29, 0.717) is 18.3 Å². The molecule has 1 saturated carbocycles. The number of hydrogen-bond acceptors (Lipinski definition) is 4. The van der Waals surface area contributed by atoms with Gasteiger partial charge in [0.2, 0.25) is 10.0 Å². The van der Waals surface area contributed by atoms with Gasteiger partial charge in [0, 0.05) is 0 Å². The predicted octanol–water partition coefficient (Wildman–Crippen LogP) is 1.88. The first-order chi connectivity index (χ1) is 8.98. The molecule has 1 aromatic carbocycles. The zero-order valence-corrected chi connectivity index (χ0v) is 11.7. The molecule has 106 valence electrons. The highest BCUT2D eigenvalue weighted by Gasteiger charge is 2.18. The van der Waals surface area contributed by atoms with Gasteiger partial charge in [0.1, 0.15) is 10.6 Å². The van der Waals surface area contributed by atoms with Crippen molar-refractivity contribution < 1.29 is 13.2 Å². The molecule has 0 amide bonds. The lowest BCUT2D eigenvalue weighted by atomic mass is 9.90. The summed E-state index contributed by atoms with van der Waals surface area (Å²) in [5.41, 5.74) is 5.90. The quantitative estimate of drug-likeness (QED) is 0.825. The van der Waals surface area contributed by atoms with Crippen molar-refractivity contribution >= 4 is 15.7 Å². The largest absolute Gasteiger partial charge is 0.491 e. The summed E-state index contributed by atoms with van der Waals surface area (Å²) in [6.45, 7) is 0.582. The van der Waals surface area contributed by atoms with Crippen LogP contribution in [0.3, 0.4) is 0 Å². The molecule has 0 spiro atoms. The number of rotatable bonds is 4. The first kappa shape index (κ1) is 14.1. The normalized spacial score (nSPS) is 17.3. The molecule has 5 nitrogen and oxygen atoms in total. The van der Waals surface area contributed by atoms with E-state index in [4.69, 9.17) is 15.6 Å². The molecular weight excluding hydrogens is 264 g/mol. The van der Waals surface area contributed by atoms with E-state index in [1.807, 2.05) is 0 Å². The van der Waals surface area contributed by atoms with Crippen LogP contribution in [0.1, 0.15) is 32.1 Å². The third kappa shape index (κ3) is 3.61. The molecule has 0 atom stereocenters. The third-order valence-electron chi connectivity index (χ3n) is 3.53. The molecule has 6 heteroatoms. The molecule has 0 saturated heterocycles. The number of anilines is 1. The average Bonchev–Trinajstić information content (AvgIpc) is 2.37. The summed E-state index contributed by atoms with van der Waals surface area (Å²) in [5.74, 6) is 0.934. The van der Waals surface area contributed by atoms with Gasteiger partial charge in [-0.25, -0.2) is 13.6 Å². The van der Waals surface area contributed by atoms with Gasteiger partial charge in [-0.3, -0.25) is 0 Å². The SMILES string of the molecule is Nc1c(OCC2CCCCC2)cccc1S(N)(=O)=O. The first-order valence-corrected chi connectivity index (χ1v) is 8.07. The molecule has 19 heavy (non-hydrogen) atoms. The Kier molecular flexibility index (Phi) is 4.31. The molecule has 4 N–H and O–H groups in total. The van der Waals surface area contributed by atoms with Crippen LogP contribution >= 0.6 is 0 Å². The van der Waals surface area contributed by atoms with Crippen molar-refractivity contribution in [3.8, 4) is 5.75 Å². The molecule has 0 radical (unpaired) electrons. The highest BCUT2D eigenvalue weighted by molar-refractivity contribution is 7.89. The van der Waals surface area contributed by atoms with Crippen LogP contribution < -0.4 is 15.6 Å². The third-order valence-corrected chi connectivity index (χ3v) is 4.50. The Morgan fingerprint density at radius 1 is 1.21 bits per heavy atom. The number of nitrogens with two attached hydrogens (primary N) is 2. The van der Waals surface area contributed by atoms with E-state index in [0.717, 1.165) is 12.8 Å². The Bertz CT molecular complexity index is 537. The number of hydrogen-bond donors (Lipinski definition) is 2. The fourth-order valence-corrected chi connectivity index (χ4v) is 3.13. The zero-order valence-electron chi connectivity index (χ0n) is 10.8. The van der Waals surface area contributed by atoms with Crippen LogP contribution in [-0.4, -0.2) is 15.0 Å². The molecule has 1 aliphatic rings. The Balaban J connectivity index is 2.08. The van der Waals surface area contributed by atoms with Crippen LogP contribution in [0.2, 0.25) is 0 Å². The van der Waals surface area contributed by atoms with E-state index in [1.54, 1.807) is 12.1 Å². The van der Waals surface area contributed by atoms with Crippen molar-refractivity contribution in [2.45, 2.75) is 37.0 Å². The summed E-state index contributed by atoms with van der Waals surface area (Å²) in [7, 11) is -3.80. The van der Waals surface area contributed by atoms with Gasteiger partial charge in [0.15, 0.2) is 0 Å². The maximum atomic E-state index is 11.4. The van der Waals surface area contributed by atoms with Gasteiger partial charge in [-0.15, -0.1) is 0 Å². The van der Waals surface area contributed by atoms with E-state index >= 15 is 0 Å². The van der Waals surface area contributed by atoms with Gasteiger partial charge in [-0.1, -0.05) is 25.3 Å². The number of para-hydroxylation sites is 1. The number of primary sulfonamides is 1. The van der Waals surface area contributed by atoms with Crippen molar-refractivity contribution in [2.24, 2.45) is 11.1 Å². The number of ether oxygens (including phenoxy) is 1. The minimum atomic E-state index is -3.80. The summed E-state index contributed by atoms with van der Waals surface area (Å²) >= 11 is 0. The van der Waals surface area contributed by atoms with E-state index in [1.165, 1.54) is 25.3 Å². The van der Waals surface area contributed by atoms with Crippen LogP contribution in [0.4, 0.5) is 5.69 Å². The highest BCUT2D eigenvalue weighted by atomic mass is 32.2. The average molecular weight is 284 g/mol. The molecular formula is C13H20N2O3S. The van der Waals surface area contributed by atoms with E-state index in [9.17, 15) is 8.42 Å². The minimum absolute atomic E-state index is 0.0753. The van der Waals surface area contributed by atoms with Gasteiger partial charge in [-0.2, -0.15) is 0 Å². The van der Waals surface area contributed by atoms with Crippen molar-refractivity contribution in [1.29, 1.82) is 0 Å². The Labute approximate surface area is 114 Å². The molecule has 0 heterocycles. The monoisotopic (exact) mass is 284 g/mol. The number of sulfonamides is 1. The number of benzene rings is 1. The van der Waals surface area contributed by atoms with Crippen LogP contribution in [0.5, 0.6) is 5.75 Å². The van der Waals surface area contributed by atoms with Gasteiger partial charge in [0.05, 0.1) is 12.3 Å². The maximum Gasteiger partial charge on any atom is 0.240 e. The molecule has 1 aliphatic carbocycles. The lowest BCUT2D eigenvalue weighted by molar-refractivity contribution is 0.209. The van der Waals surface area contributed by atoms with Crippen LogP contribution in [0, 0.1) is 5.92 Å². The summed E-state index contributed by atoms with van der Waals surface area (Å²) in [4.78, 5) is -0.0753. The van der Waals surface area contributed by atoms with Crippen molar-refractivity contribution in [3.63, 3.8) is 0 Å². The summed E-state index contributed by atoms with van der Waals surface area (Å²) in [6.07, 6.45) is 6.09. The second kappa shape index (κ2) is 5.79. The molecule has 1 fully saturated rings. The van der Waals surface area contributed by atoms with Gasteiger partial charge >= 0.3 is 0 Å². The van der Waals surface area contributed by atoms with Crippen molar-refractivity contribution in [2.75, 3.05) is 12.3 Å². The smallest absolute Gasteiger partial charge is 0.240 e. The molecule has 2 rings (SSSR count). The molecule has 0 aromatic heterocycles. The van der Waals surface area contributed by atoms with Crippen LogP contribution in [-0.2, 0) is 10.0 Å².